The van der Waals surface area contributed by atoms with Crippen LogP contribution in [-0.4, -0.2) is 62.0 Å². The van der Waals surface area contributed by atoms with Crippen molar-refractivity contribution in [2.24, 2.45) is 5.41 Å². The maximum atomic E-state index is 12.5. The summed E-state index contributed by atoms with van der Waals surface area (Å²) in [5.41, 5.74) is 5.68. The van der Waals surface area contributed by atoms with Crippen LogP contribution in [-0.2, 0) is 14.4 Å². The number of carbonyl (C=O) groups is 3. The van der Waals surface area contributed by atoms with Gasteiger partial charge in [-0.15, -0.1) is 5.10 Å². The van der Waals surface area contributed by atoms with Crippen molar-refractivity contribution in [1.82, 2.24) is 30.1 Å². The van der Waals surface area contributed by atoms with E-state index in [1.165, 1.54) is 28.3 Å². The monoisotopic (exact) mass is 436 g/mol. The highest BCUT2D eigenvalue weighted by molar-refractivity contribution is 5.92. The summed E-state index contributed by atoms with van der Waals surface area (Å²) in [6.07, 6.45) is 6.30. The Bertz CT molecular complexity index is 1060. The SMILES string of the molecule is CC(=O)N1CCC2(CC1)CC(=O)N(NC(=O)/C=C\n1cnc(-c3cc(C)cc(C)c3)n1)C2. The maximum absolute atomic E-state index is 12.5. The molecule has 1 aromatic heterocycles. The van der Waals surface area contributed by atoms with Crippen molar-refractivity contribution in [2.45, 2.75) is 40.0 Å². The molecule has 2 saturated heterocycles. The molecular weight excluding hydrogens is 408 g/mol. The molecule has 0 radical (unpaired) electrons. The van der Waals surface area contributed by atoms with Crippen LogP contribution in [0.4, 0.5) is 0 Å². The lowest BCUT2D eigenvalue weighted by molar-refractivity contribution is -0.136. The Morgan fingerprint density at radius 2 is 1.81 bits per heavy atom. The number of piperidine rings is 1. The molecule has 168 valence electrons. The van der Waals surface area contributed by atoms with Crippen LogP contribution in [0, 0.1) is 19.3 Å². The Kier molecular flexibility index (Phi) is 5.82. The van der Waals surface area contributed by atoms with E-state index in [1.54, 1.807) is 6.92 Å². The van der Waals surface area contributed by atoms with Crippen molar-refractivity contribution in [3.63, 3.8) is 0 Å². The summed E-state index contributed by atoms with van der Waals surface area (Å²) in [6, 6.07) is 6.11. The van der Waals surface area contributed by atoms with Gasteiger partial charge in [-0.25, -0.2) is 9.67 Å². The molecule has 9 nitrogen and oxygen atoms in total. The second kappa shape index (κ2) is 8.57. The smallest absolute Gasteiger partial charge is 0.264 e. The summed E-state index contributed by atoms with van der Waals surface area (Å²) < 4.78 is 1.47. The van der Waals surface area contributed by atoms with Gasteiger partial charge in [-0.1, -0.05) is 17.2 Å². The summed E-state index contributed by atoms with van der Waals surface area (Å²) in [5, 5.41) is 5.80. The topological polar surface area (TPSA) is 100 Å². The lowest BCUT2D eigenvalue weighted by Gasteiger charge is -2.38. The number of aromatic nitrogens is 3. The number of hydrogen-bond acceptors (Lipinski definition) is 5. The minimum atomic E-state index is -0.403. The molecule has 3 heterocycles. The molecule has 1 N–H and O–H groups in total. The number of hydrazine groups is 1. The number of nitrogens with zero attached hydrogens (tertiary/aromatic N) is 5. The molecule has 9 heteroatoms. The molecule has 0 bridgehead atoms. The molecule has 0 saturated carbocycles. The fraction of sp³-hybridized carbons (Fsp3) is 0.435. The molecule has 1 spiro atoms. The van der Waals surface area contributed by atoms with E-state index in [0.29, 0.717) is 31.9 Å². The van der Waals surface area contributed by atoms with Gasteiger partial charge in [0.05, 0.1) is 0 Å². The van der Waals surface area contributed by atoms with Crippen LogP contribution in [0.15, 0.2) is 30.6 Å². The highest BCUT2D eigenvalue weighted by atomic mass is 16.2. The number of nitrogens with one attached hydrogen (secondary N) is 1. The zero-order valence-electron chi connectivity index (χ0n) is 18.7. The van der Waals surface area contributed by atoms with Crippen LogP contribution in [0.5, 0.6) is 0 Å². The molecule has 2 aliphatic heterocycles. The van der Waals surface area contributed by atoms with Gasteiger partial charge in [-0.05, 0) is 38.8 Å². The van der Waals surface area contributed by atoms with Gasteiger partial charge in [0, 0.05) is 56.2 Å². The van der Waals surface area contributed by atoms with Crippen LogP contribution in [0.1, 0.15) is 37.3 Å². The fourth-order valence-electron chi connectivity index (χ4n) is 4.53. The molecule has 2 aromatic rings. The number of aryl methyl sites for hydroxylation is 2. The molecule has 3 amide bonds. The third kappa shape index (κ3) is 4.71. The lowest BCUT2D eigenvalue weighted by Crippen LogP contribution is -2.46. The largest absolute Gasteiger partial charge is 0.343 e. The predicted molar refractivity (Wildman–Crippen MR) is 119 cm³/mol. The van der Waals surface area contributed by atoms with Gasteiger partial charge in [0.15, 0.2) is 5.82 Å². The van der Waals surface area contributed by atoms with Crippen LogP contribution in [0.2, 0.25) is 0 Å². The molecular formula is C23H28N6O3. The molecule has 1 aromatic carbocycles. The van der Waals surface area contributed by atoms with Crippen molar-refractivity contribution in [3.8, 4) is 11.4 Å². The summed E-state index contributed by atoms with van der Waals surface area (Å²) in [4.78, 5) is 42.5. The van der Waals surface area contributed by atoms with Crippen LogP contribution < -0.4 is 5.43 Å². The van der Waals surface area contributed by atoms with Crippen molar-refractivity contribution in [3.05, 3.63) is 41.7 Å². The van der Waals surface area contributed by atoms with Gasteiger partial charge in [0.2, 0.25) is 11.8 Å². The molecule has 2 fully saturated rings. The standard InChI is InChI=1S/C23H28N6O3/c1-16-10-17(2)12-19(11-16)22-24-15-28(26-22)7-4-20(31)25-29-14-23(13-21(29)32)5-8-27(9-6-23)18(3)30/h4,7,10-12,15H,5-6,8-9,13-14H2,1-3H3,(H,25,31)/b7-4-. The first-order valence-electron chi connectivity index (χ1n) is 10.8. The average Bonchev–Trinajstić information content (AvgIpc) is 3.31. The number of likely N-dealkylation sites (tertiary alicyclic amines) is 1. The second-order valence-corrected chi connectivity index (χ2v) is 8.88. The number of benzene rings is 1. The first kappa shape index (κ1) is 21.7. The van der Waals surface area contributed by atoms with Gasteiger partial charge >= 0.3 is 0 Å². The Morgan fingerprint density at radius 1 is 1.12 bits per heavy atom. The molecule has 32 heavy (non-hydrogen) atoms. The van der Waals surface area contributed by atoms with Crippen LogP contribution in [0.3, 0.4) is 0 Å². The van der Waals surface area contributed by atoms with Crippen LogP contribution >= 0.6 is 0 Å². The van der Waals surface area contributed by atoms with Gasteiger partial charge < -0.3 is 4.90 Å². The van der Waals surface area contributed by atoms with Crippen molar-refractivity contribution < 1.29 is 14.4 Å². The maximum Gasteiger partial charge on any atom is 0.264 e. The molecule has 0 aliphatic carbocycles. The minimum Gasteiger partial charge on any atom is -0.343 e. The number of hydrogen-bond donors (Lipinski definition) is 1. The van der Waals surface area contributed by atoms with E-state index in [-0.39, 0.29) is 17.2 Å². The average molecular weight is 437 g/mol. The zero-order chi connectivity index (χ0) is 22.9. The summed E-state index contributed by atoms with van der Waals surface area (Å²) >= 11 is 0. The summed E-state index contributed by atoms with van der Waals surface area (Å²) in [7, 11) is 0. The predicted octanol–water partition coefficient (Wildman–Crippen LogP) is 1.92. The number of amides is 3. The Balaban J connectivity index is 1.35. The third-order valence-corrected chi connectivity index (χ3v) is 6.20. The van der Waals surface area contributed by atoms with E-state index in [2.05, 4.69) is 21.6 Å². The molecule has 4 rings (SSSR count). The minimum absolute atomic E-state index is 0.0632. The van der Waals surface area contributed by atoms with E-state index in [0.717, 1.165) is 29.5 Å². The van der Waals surface area contributed by atoms with Gasteiger partial charge in [0.1, 0.15) is 6.33 Å². The van der Waals surface area contributed by atoms with Crippen LogP contribution in [0.25, 0.3) is 17.6 Å². The number of rotatable bonds is 4. The first-order valence-corrected chi connectivity index (χ1v) is 10.8. The van der Waals surface area contributed by atoms with Gasteiger partial charge in [0.25, 0.3) is 5.91 Å². The van der Waals surface area contributed by atoms with E-state index in [1.807, 2.05) is 30.9 Å². The Labute approximate surface area is 187 Å². The lowest BCUT2D eigenvalue weighted by atomic mass is 9.77. The fourth-order valence-corrected chi connectivity index (χ4v) is 4.53. The van der Waals surface area contributed by atoms with Gasteiger partial charge in [-0.3, -0.25) is 24.8 Å². The highest BCUT2D eigenvalue weighted by Gasteiger charge is 2.45. The zero-order valence-corrected chi connectivity index (χ0v) is 18.7. The second-order valence-electron chi connectivity index (χ2n) is 8.88. The highest BCUT2D eigenvalue weighted by Crippen LogP contribution is 2.40. The van der Waals surface area contributed by atoms with Crippen molar-refractivity contribution >= 4 is 23.9 Å². The van der Waals surface area contributed by atoms with E-state index >= 15 is 0 Å². The van der Waals surface area contributed by atoms with E-state index in [9.17, 15) is 14.4 Å². The van der Waals surface area contributed by atoms with Crippen molar-refractivity contribution in [2.75, 3.05) is 19.6 Å². The van der Waals surface area contributed by atoms with E-state index < -0.39 is 5.91 Å². The quantitative estimate of drug-likeness (QED) is 0.738. The first-order chi connectivity index (χ1) is 15.2. The summed E-state index contributed by atoms with van der Waals surface area (Å²) in [6.45, 7) is 7.38. The normalized spacial score (nSPS) is 18.0. The number of carbonyl (C=O) groups excluding carboxylic acids is 3. The molecule has 0 unspecified atom stereocenters. The van der Waals surface area contributed by atoms with Gasteiger partial charge in [-0.2, -0.15) is 0 Å². The Morgan fingerprint density at radius 3 is 2.47 bits per heavy atom. The molecule has 2 aliphatic rings. The third-order valence-electron chi connectivity index (χ3n) is 6.20. The Hall–Kier alpha value is -3.49. The van der Waals surface area contributed by atoms with Crippen molar-refractivity contribution in [1.29, 1.82) is 0 Å². The molecule has 0 atom stereocenters. The van der Waals surface area contributed by atoms with E-state index in [4.69, 9.17) is 0 Å². The summed E-state index contributed by atoms with van der Waals surface area (Å²) in [5.74, 6) is 0.143.